The zero-order chi connectivity index (χ0) is 21.0. The predicted octanol–water partition coefficient (Wildman–Crippen LogP) is 1.65. The third kappa shape index (κ3) is 4.83. The largest absolute Gasteiger partial charge is 0.343 e. The van der Waals surface area contributed by atoms with Crippen molar-refractivity contribution in [1.29, 1.82) is 0 Å². The molecule has 29 heavy (non-hydrogen) atoms. The van der Waals surface area contributed by atoms with Crippen LogP contribution in [-0.4, -0.2) is 61.3 Å². The molecule has 0 radical (unpaired) electrons. The zero-order valence-electron chi connectivity index (χ0n) is 17.1. The van der Waals surface area contributed by atoms with Crippen molar-refractivity contribution in [1.82, 2.24) is 19.5 Å². The lowest BCUT2D eigenvalue weighted by Crippen LogP contribution is -2.62. The molecule has 1 aliphatic rings. The van der Waals surface area contributed by atoms with E-state index in [2.05, 4.69) is 9.71 Å². The van der Waals surface area contributed by atoms with E-state index in [1.807, 2.05) is 43.0 Å². The van der Waals surface area contributed by atoms with Gasteiger partial charge in [0.1, 0.15) is 0 Å². The molecule has 0 unspecified atom stereocenters. The lowest BCUT2D eigenvalue weighted by Gasteiger charge is -2.43. The highest BCUT2D eigenvalue weighted by atomic mass is 32.2. The van der Waals surface area contributed by atoms with E-state index in [0.29, 0.717) is 24.4 Å². The van der Waals surface area contributed by atoms with Gasteiger partial charge in [-0.3, -0.25) is 14.7 Å². The van der Waals surface area contributed by atoms with Crippen molar-refractivity contribution >= 4 is 15.9 Å². The number of hydrogen-bond donors (Lipinski definition) is 1. The van der Waals surface area contributed by atoms with Gasteiger partial charge in [-0.15, -0.1) is 0 Å². The Labute approximate surface area is 172 Å². The van der Waals surface area contributed by atoms with Gasteiger partial charge in [0, 0.05) is 45.1 Å². The molecule has 0 aliphatic carbocycles. The molecule has 7 nitrogen and oxygen atoms in total. The van der Waals surface area contributed by atoms with Crippen molar-refractivity contribution in [2.75, 3.05) is 20.1 Å². The van der Waals surface area contributed by atoms with Crippen molar-refractivity contribution in [3.05, 3.63) is 59.9 Å². The van der Waals surface area contributed by atoms with E-state index in [4.69, 9.17) is 0 Å². The topological polar surface area (TPSA) is 82.6 Å². The molecule has 3 rings (SSSR count). The van der Waals surface area contributed by atoms with Crippen molar-refractivity contribution in [2.45, 2.75) is 43.8 Å². The third-order valence-corrected chi connectivity index (χ3v) is 6.95. The zero-order valence-corrected chi connectivity index (χ0v) is 17.9. The molecule has 0 spiro atoms. The van der Waals surface area contributed by atoms with Gasteiger partial charge in [-0.25, -0.2) is 13.1 Å². The Morgan fingerprint density at radius 3 is 2.66 bits per heavy atom. The Balaban J connectivity index is 1.80. The maximum Gasteiger partial charge on any atom is 0.240 e. The summed E-state index contributed by atoms with van der Waals surface area (Å²) in [6, 6.07) is 10.4. The van der Waals surface area contributed by atoms with E-state index in [0.717, 1.165) is 11.1 Å². The summed E-state index contributed by atoms with van der Waals surface area (Å²) < 4.78 is 28.6. The molecule has 1 aromatic carbocycles. The van der Waals surface area contributed by atoms with Crippen LogP contribution in [0.3, 0.4) is 0 Å². The molecular weight excluding hydrogens is 388 g/mol. The molecule has 0 bridgehead atoms. The van der Waals surface area contributed by atoms with Crippen LogP contribution in [0.25, 0.3) is 0 Å². The van der Waals surface area contributed by atoms with Gasteiger partial charge in [0.05, 0.1) is 10.9 Å². The van der Waals surface area contributed by atoms with E-state index in [1.54, 1.807) is 36.5 Å². The van der Waals surface area contributed by atoms with Crippen molar-refractivity contribution in [2.24, 2.45) is 0 Å². The lowest BCUT2D eigenvalue weighted by atomic mass is 10.1. The predicted molar refractivity (Wildman–Crippen MR) is 112 cm³/mol. The SMILES string of the molecule is CCc1ccccc1S(=O)(=O)NC[C@@H]1CN(C)C(=O)[C@H](C)N1Cc1cccnc1. The number of nitrogens with zero attached hydrogens (tertiary/aromatic N) is 3. The van der Waals surface area contributed by atoms with Crippen LogP contribution in [0.2, 0.25) is 0 Å². The summed E-state index contributed by atoms with van der Waals surface area (Å²) in [7, 11) is -1.88. The Morgan fingerprint density at radius 1 is 1.21 bits per heavy atom. The second-order valence-corrected chi connectivity index (χ2v) is 9.13. The number of likely N-dealkylation sites (N-methyl/N-ethyl adjacent to an activating group) is 1. The minimum Gasteiger partial charge on any atom is -0.343 e. The number of amides is 1. The van der Waals surface area contributed by atoms with Gasteiger partial charge in [-0.05, 0) is 36.6 Å². The minimum atomic E-state index is -3.64. The van der Waals surface area contributed by atoms with Crippen LogP contribution >= 0.6 is 0 Å². The number of piperazine rings is 1. The van der Waals surface area contributed by atoms with Crippen LogP contribution in [0.5, 0.6) is 0 Å². The first-order valence-electron chi connectivity index (χ1n) is 9.80. The van der Waals surface area contributed by atoms with Crippen LogP contribution < -0.4 is 4.72 Å². The average molecular weight is 417 g/mol. The maximum atomic E-state index is 12.9. The molecule has 1 N–H and O–H groups in total. The quantitative estimate of drug-likeness (QED) is 0.742. The number of sulfonamides is 1. The maximum absolute atomic E-state index is 12.9. The number of hydrogen-bond acceptors (Lipinski definition) is 5. The average Bonchev–Trinajstić information content (AvgIpc) is 2.73. The molecule has 1 aliphatic heterocycles. The van der Waals surface area contributed by atoms with Gasteiger partial charge < -0.3 is 4.90 Å². The standard InChI is InChI=1S/C21H28N4O3S/c1-4-18-9-5-6-10-20(18)29(27,28)23-13-19-15-24(3)21(26)16(2)25(19)14-17-8-7-11-22-12-17/h5-12,16,19,23H,4,13-15H2,1-3H3/t16-,19+/m0/s1. The number of aryl methyl sites for hydroxylation is 1. The van der Waals surface area contributed by atoms with Gasteiger partial charge in [0.2, 0.25) is 15.9 Å². The van der Waals surface area contributed by atoms with Crippen LogP contribution in [0.4, 0.5) is 0 Å². The van der Waals surface area contributed by atoms with E-state index < -0.39 is 10.0 Å². The minimum absolute atomic E-state index is 0.0318. The summed E-state index contributed by atoms with van der Waals surface area (Å²) in [6.07, 6.45) is 4.12. The molecular formula is C21H28N4O3S. The van der Waals surface area contributed by atoms with Gasteiger partial charge in [0.25, 0.3) is 0 Å². The van der Waals surface area contributed by atoms with E-state index in [1.165, 1.54) is 0 Å². The second-order valence-electron chi connectivity index (χ2n) is 7.40. The molecule has 8 heteroatoms. The summed E-state index contributed by atoms with van der Waals surface area (Å²) in [6.45, 7) is 5.02. The molecule has 2 aromatic rings. The Morgan fingerprint density at radius 2 is 1.97 bits per heavy atom. The highest BCUT2D eigenvalue weighted by molar-refractivity contribution is 7.89. The molecule has 156 valence electrons. The van der Waals surface area contributed by atoms with Gasteiger partial charge >= 0.3 is 0 Å². The van der Waals surface area contributed by atoms with Crippen molar-refractivity contribution in [3.63, 3.8) is 0 Å². The molecule has 1 amide bonds. The molecule has 2 atom stereocenters. The molecule has 1 aromatic heterocycles. The normalized spacial score (nSPS) is 20.8. The van der Waals surface area contributed by atoms with Gasteiger partial charge in [0.15, 0.2) is 0 Å². The Bertz CT molecular complexity index is 949. The first-order chi connectivity index (χ1) is 13.8. The van der Waals surface area contributed by atoms with Crippen molar-refractivity contribution in [3.8, 4) is 0 Å². The summed E-state index contributed by atoms with van der Waals surface area (Å²) in [5.74, 6) is 0.0318. The smallest absolute Gasteiger partial charge is 0.240 e. The van der Waals surface area contributed by atoms with E-state index in [-0.39, 0.29) is 24.5 Å². The number of pyridine rings is 1. The number of carbonyl (C=O) groups excluding carboxylic acids is 1. The number of aromatic nitrogens is 1. The van der Waals surface area contributed by atoms with E-state index in [9.17, 15) is 13.2 Å². The van der Waals surface area contributed by atoms with Gasteiger partial charge in [-0.1, -0.05) is 31.2 Å². The number of rotatable bonds is 7. The second kappa shape index (κ2) is 9.02. The third-order valence-electron chi connectivity index (χ3n) is 5.42. The van der Waals surface area contributed by atoms with Crippen LogP contribution in [0.15, 0.2) is 53.7 Å². The van der Waals surface area contributed by atoms with Gasteiger partial charge in [-0.2, -0.15) is 0 Å². The summed E-state index contributed by atoms with van der Waals surface area (Å²) >= 11 is 0. The highest BCUT2D eigenvalue weighted by Gasteiger charge is 2.37. The Kier molecular flexibility index (Phi) is 6.66. The number of benzene rings is 1. The van der Waals surface area contributed by atoms with Crippen LogP contribution in [0, 0.1) is 0 Å². The summed E-state index contributed by atoms with van der Waals surface area (Å²) in [4.78, 5) is 20.7. The summed E-state index contributed by atoms with van der Waals surface area (Å²) in [5, 5.41) is 0. The highest BCUT2D eigenvalue weighted by Crippen LogP contribution is 2.20. The fraction of sp³-hybridized carbons (Fsp3) is 0.429. The Hall–Kier alpha value is -2.29. The van der Waals surface area contributed by atoms with Crippen LogP contribution in [0.1, 0.15) is 25.0 Å². The fourth-order valence-electron chi connectivity index (χ4n) is 3.78. The number of carbonyl (C=O) groups is 1. The monoisotopic (exact) mass is 416 g/mol. The molecule has 2 heterocycles. The molecule has 1 saturated heterocycles. The van der Waals surface area contributed by atoms with Crippen LogP contribution in [-0.2, 0) is 27.8 Å². The first kappa shape index (κ1) is 21.4. The van der Waals surface area contributed by atoms with Crippen molar-refractivity contribution < 1.29 is 13.2 Å². The van der Waals surface area contributed by atoms with E-state index >= 15 is 0 Å². The number of nitrogens with one attached hydrogen (secondary N) is 1. The molecule has 1 fully saturated rings. The lowest BCUT2D eigenvalue weighted by molar-refractivity contribution is -0.142. The fourth-order valence-corrected chi connectivity index (χ4v) is 5.16. The first-order valence-corrected chi connectivity index (χ1v) is 11.3. The molecule has 0 saturated carbocycles. The summed E-state index contributed by atoms with van der Waals surface area (Å²) in [5.41, 5.74) is 1.78.